The summed E-state index contributed by atoms with van der Waals surface area (Å²) in [5.41, 5.74) is -8.91. The van der Waals surface area contributed by atoms with Gasteiger partial charge in [0.05, 0.1) is 34.7 Å². The number of benzene rings is 1. The number of fused-ring (bicyclic) bond motifs is 2. The number of rotatable bonds is 2. The molecule has 0 bridgehead atoms. The molecule has 214 valence electrons. The Balaban J connectivity index is 2.15. The summed E-state index contributed by atoms with van der Waals surface area (Å²) in [4.78, 5) is 7.25. The summed E-state index contributed by atoms with van der Waals surface area (Å²) in [6, 6.07) is 19.1. The van der Waals surface area contributed by atoms with Crippen LogP contribution in [-0.4, -0.2) is 9.97 Å². The second-order valence-electron chi connectivity index (χ2n) is 9.47. The van der Waals surface area contributed by atoms with Gasteiger partial charge in [0.2, 0.25) is 0 Å². The van der Waals surface area contributed by atoms with E-state index in [0.29, 0.717) is 12.4 Å². The minimum atomic E-state index is -1.11. The van der Waals surface area contributed by atoms with Crippen molar-refractivity contribution in [1.82, 2.24) is 9.97 Å². The van der Waals surface area contributed by atoms with Gasteiger partial charge in [0, 0.05) is 55.7 Å². The second kappa shape index (κ2) is 11.7. The van der Waals surface area contributed by atoms with E-state index in [4.69, 9.17) is 0 Å². The van der Waals surface area contributed by atoms with Crippen molar-refractivity contribution in [2.45, 2.75) is 0 Å². The molecule has 0 aliphatic heterocycles. The average molecular weight is 618 g/mol. The molecule has 1 aromatic carbocycles. The number of hydrogen-bond donors (Lipinski definition) is 0. The first-order valence-corrected chi connectivity index (χ1v) is 12.8. The molecular weight excluding hydrogens is 614 g/mol. The molecule has 2 aliphatic carbocycles. The Morgan fingerprint density at radius 3 is 1.10 bits per heavy atom. The van der Waals surface area contributed by atoms with E-state index in [9.17, 15) is 52.6 Å². The van der Waals surface area contributed by atoms with Gasteiger partial charge in [-0.15, -0.1) is 0 Å². The first-order valence-electron chi connectivity index (χ1n) is 12.8. The van der Waals surface area contributed by atoms with Crippen LogP contribution in [0.15, 0.2) is 35.7 Å². The molecule has 3 aromatic rings. The summed E-state index contributed by atoms with van der Waals surface area (Å²) < 4.78 is 30.8. The molecule has 5 rings (SSSR count). The summed E-state index contributed by atoms with van der Waals surface area (Å²) in [7, 11) is 0. The Bertz CT molecular complexity index is 2470. The van der Waals surface area contributed by atoms with Crippen molar-refractivity contribution in [3.63, 3.8) is 0 Å². The maximum Gasteiger partial charge on any atom is 0.149 e. The van der Waals surface area contributed by atoms with Crippen LogP contribution in [0.5, 0.6) is 0 Å². The molecule has 14 heteroatoms. The number of pyridine rings is 2. The highest BCUT2D eigenvalue weighted by molar-refractivity contribution is 6.32. The molecule has 48 heavy (non-hydrogen) atoms. The van der Waals surface area contributed by atoms with Crippen molar-refractivity contribution < 1.29 is 8.78 Å². The summed E-state index contributed by atoms with van der Waals surface area (Å²) in [5, 5.41) is 101. The molecular formula is C34H4F2N12. The highest BCUT2D eigenvalue weighted by Crippen LogP contribution is 2.58. The molecule has 0 saturated heterocycles. The highest BCUT2D eigenvalue weighted by Gasteiger charge is 2.44. The molecule has 0 spiro atoms. The van der Waals surface area contributed by atoms with Crippen molar-refractivity contribution in [1.29, 1.82) is 52.6 Å². The topological polar surface area (TPSA) is 264 Å². The largest absolute Gasteiger partial charge is 0.242 e. The van der Waals surface area contributed by atoms with Crippen LogP contribution in [0.4, 0.5) is 8.78 Å². The van der Waals surface area contributed by atoms with Gasteiger partial charge in [-0.3, -0.25) is 0 Å². The first-order chi connectivity index (χ1) is 23.2. The van der Waals surface area contributed by atoms with Crippen LogP contribution in [0, 0.1) is 125 Å². The van der Waals surface area contributed by atoms with E-state index in [2.05, 4.69) is 9.97 Å². The van der Waals surface area contributed by atoms with E-state index >= 15 is 8.78 Å². The van der Waals surface area contributed by atoms with E-state index in [-0.39, 0.29) is 11.4 Å². The van der Waals surface area contributed by atoms with E-state index < -0.39 is 101 Å². The third-order valence-corrected chi connectivity index (χ3v) is 7.37. The van der Waals surface area contributed by atoms with Gasteiger partial charge in [0.1, 0.15) is 94.9 Å². The normalized spacial score (nSPS) is 11.9. The summed E-state index contributed by atoms with van der Waals surface area (Å²) in [6.45, 7) is 0. The lowest BCUT2D eigenvalue weighted by Gasteiger charge is -2.16. The molecule has 12 nitrogen and oxygen atoms in total. The molecule has 0 fully saturated rings. The van der Waals surface area contributed by atoms with Crippen molar-refractivity contribution in [3.8, 4) is 60.7 Å². The third-order valence-electron chi connectivity index (χ3n) is 7.37. The molecule has 0 saturated carbocycles. The highest BCUT2D eigenvalue weighted by atomic mass is 19.1. The van der Waals surface area contributed by atoms with Crippen molar-refractivity contribution in [2.75, 3.05) is 0 Å². The Morgan fingerprint density at radius 2 is 0.833 bits per heavy atom. The van der Waals surface area contributed by atoms with Gasteiger partial charge in [-0.05, 0) is 12.1 Å². The van der Waals surface area contributed by atoms with Gasteiger partial charge in [-0.1, -0.05) is 0 Å². The predicted octanol–water partition coefficient (Wildman–Crippen LogP) is 4.74. The van der Waals surface area contributed by atoms with Gasteiger partial charge in [0.15, 0.2) is 0 Å². The average Bonchev–Trinajstić information content (AvgIpc) is 3.62. The molecule has 0 radical (unpaired) electrons. The number of hydrogen-bond acceptors (Lipinski definition) is 12. The van der Waals surface area contributed by atoms with Crippen molar-refractivity contribution in [2.24, 2.45) is 0 Å². The maximum absolute atomic E-state index is 15.4. The van der Waals surface area contributed by atoms with Gasteiger partial charge < -0.3 is 0 Å². The molecule has 0 N–H and O–H groups in total. The van der Waals surface area contributed by atoms with Crippen LogP contribution in [0.3, 0.4) is 0 Å². The molecule has 0 unspecified atom stereocenters. The summed E-state index contributed by atoms with van der Waals surface area (Å²) >= 11 is 0. The summed E-state index contributed by atoms with van der Waals surface area (Å²) in [6.07, 6.45) is 1.31. The fourth-order valence-electron chi connectivity index (χ4n) is 5.64. The van der Waals surface area contributed by atoms with Gasteiger partial charge >= 0.3 is 0 Å². The number of allylic oxidation sites excluding steroid dienone is 8. The van der Waals surface area contributed by atoms with Gasteiger partial charge in [0.25, 0.3) is 0 Å². The monoisotopic (exact) mass is 618 g/mol. The number of nitriles is 10. The minimum absolute atomic E-state index is 0.334. The lowest BCUT2D eigenvalue weighted by Crippen LogP contribution is -2.05. The lowest BCUT2D eigenvalue weighted by atomic mass is 9.82. The fourth-order valence-corrected chi connectivity index (χ4v) is 5.64. The maximum atomic E-state index is 15.4. The van der Waals surface area contributed by atoms with Crippen LogP contribution in [0.1, 0.15) is 55.9 Å². The Kier molecular flexibility index (Phi) is 7.50. The predicted molar refractivity (Wildman–Crippen MR) is 155 cm³/mol. The first kappa shape index (κ1) is 30.7. The molecule has 2 aromatic heterocycles. The number of aromatic nitrogens is 2. The molecule has 2 aliphatic rings. The molecule has 2 heterocycles. The van der Waals surface area contributed by atoms with Crippen LogP contribution >= 0.6 is 0 Å². The third kappa shape index (κ3) is 4.10. The zero-order valence-corrected chi connectivity index (χ0v) is 23.4. The van der Waals surface area contributed by atoms with Crippen molar-refractivity contribution >= 4 is 33.4 Å². The van der Waals surface area contributed by atoms with Crippen LogP contribution in [0.2, 0.25) is 0 Å². The van der Waals surface area contributed by atoms with E-state index in [1.54, 1.807) is 36.4 Å². The second-order valence-corrected chi connectivity index (χ2v) is 9.47. The van der Waals surface area contributed by atoms with Crippen molar-refractivity contribution in [3.05, 3.63) is 103 Å². The number of halogens is 2. The van der Waals surface area contributed by atoms with Gasteiger partial charge in [-0.25, -0.2) is 18.7 Å². The Labute approximate surface area is 268 Å². The van der Waals surface area contributed by atoms with Crippen LogP contribution in [-0.2, 0) is 0 Å². The fraction of sp³-hybridized carbons (Fsp3) is 0. The van der Waals surface area contributed by atoms with Gasteiger partial charge in [-0.2, -0.15) is 52.6 Å². The zero-order valence-electron chi connectivity index (χ0n) is 23.4. The Hall–Kier alpha value is -8.76. The number of nitrogens with zero attached hydrogens (tertiary/aromatic N) is 12. The molecule has 0 amide bonds. The van der Waals surface area contributed by atoms with Crippen LogP contribution < -0.4 is 0 Å². The minimum Gasteiger partial charge on any atom is -0.242 e. The summed E-state index contributed by atoms with van der Waals surface area (Å²) in [5.74, 6) is -2.22. The van der Waals surface area contributed by atoms with E-state index in [0.717, 1.165) is 12.1 Å². The van der Waals surface area contributed by atoms with E-state index in [1.165, 1.54) is 0 Å². The van der Waals surface area contributed by atoms with Crippen LogP contribution in [0.25, 0.3) is 33.4 Å². The van der Waals surface area contributed by atoms with E-state index in [1.807, 2.05) is 24.3 Å². The molecule has 0 atom stereocenters. The quantitative estimate of drug-likeness (QED) is 0.352. The smallest absolute Gasteiger partial charge is 0.149 e. The SMILES string of the molecule is N#CC(C#N)=C1C(c2cc(C#N)ncc2F)=C(C#N)c2c(C#N)c3c(c(C#N)c21)C(C#N)=C(c1cc(C#N)ncc1F)C3=C(C#N)C#N. The standard InChI is InChI=1S/C34H4F2N12/c35-25-13-47-17(7-41)1-19(25)29-21(9-43)31-23(11-45)34-28(16(5-39)6-40)30(20-2-18(8-42)48-14-26(20)36)22(10-44)32(34)24(12-46)33(31)27(29)15(3-37)4-38/h1-2,13-14H. The Morgan fingerprint density at radius 1 is 0.479 bits per heavy atom. The lowest BCUT2D eigenvalue weighted by molar-refractivity contribution is 0.617. The zero-order chi connectivity index (χ0) is 34.9.